The molecule has 0 fully saturated rings. The van der Waals surface area contributed by atoms with Crippen molar-refractivity contribution in [3.8, 4) is 5.69 Å². The van der Waals surface area contributed by atoms with Gasteiger partial charge in [-0.05, 0) is 44.5 Å². The van der Waals surface area contributed by atoms with Gasteiger partial charge in [-0.3, -0.25) is 13.9 Å². The Balaban J connectivity index is 2.03. The Morgan fingerprint density at radius 3 is 2.24 bits per heavy atom. The van der Waals surface area contributed by atoms with Gasteiger partial charge in [-0.25, -0.2) is 15.0 Å². The molecule has 29 heavy (non-hydrogen) atoms. The molecule has 0 amide bonds. The van der Waals surface area contributed by atoms with Crippen molar-refractivity contribution in [2.24, 2.45) is 0 Å². The van der Waals surface area contributed by atoms with E-state index in [0.717, 1.165) is 23.1 Å². The highest BCUT2D eigenvalue weighted by atomic mass is 16.1. The fraction of sp³-hybridized carbons (Fsp3) is 0.217. The first kappa shape index (κ1) is 17.6. The molecule has 0 radical (unpaired) electrons. The van der Waals surface area contributed by atoms with Crippen molar-refractivity contribution >= 4 is 33.2 Å². The van der Waals surface area contributed by atoms with E-state index in [1.807, 2.05) is 73.0 Å². The van der Waals surface area contributed by atoms with E-state index in [2.05, 4.69) is 6.92 Å². The van der Waals surface area contributed by atoms with E-state index in [9.17, 15) is 4.79 Å². The lowest BCUT2D eigenvalue weighted by molar-refractivity contribution is 0.497. The minimum absolute atomic E-state index is 0.0583. The van der Waals surface area contributed by atoms with Crippen molar-refractivity contribution < 1.29 is 0 Å². The molecule has 0 spiro atoms. The van der Waals surface area contributed by atoms with Crippen LogP contribution in [-0.4, -0.2) is 24.1 Å². The summed E-state index contributed by atoms with van der Waals surface area (Å²) in [5.41, 5.74) is 4.24. The highest BCUT2D eigenvalue weighted by Gasteiger charge is 2.23. The van der Waals surface area contributed by atoms with Crippen LogP contribution >= 0.6 is 0 Å². The third-order valence-electron chi connectivity index (χ3n) is 5.53. The Morgan fingerprint density at radius 2 is 1.55 bits per heavy atom. The van der Waals surface area contributed by atoms with Crippen LogP contribution in [0.4, 0.5) is 0 Å². The summed E-state index contributed by atoms with van der Waals surface area (Å²) in [6, 6.07) is 17.7. The first-order valence-electron chi connectivity index (χ1n) is 9.85. The van der Waals surface area contributed by atoms with Gasteiger partial charge in [-0.15, -0.1) is 0 Å². The minimum atomic E-state index is -0.0638. The normalized spacial score (nSPS) is 12.8. The zero-order chi connectivity index (χ0) is 20.1. The smallest absolute Gasteiger partial charge is 0.265 e. The monoisotopic (exact) mass is 383 g/mol. The predicted octanol–water partition coefficient (Wildman–Crippen LogP) is 4.56. The topological polar surface area (TPSA) is 65.6 Å². The SMILES string of the molecule is CC[C@@H](C)n1c(C)nc2c(c1=O)c1nc3ccccc3nc1n2-c1ccccc1. The third kappa shape index (κ3) is 2.56. The lowest BCUT2D eigenvalue weighted by atomic mass is 10.2. The van der Waals surface area contributed by atoms with E-state index in [-0.39, 0.29) is 11.6 Å². The number of fused-ring (bicyclic) bond motifs is 4. The Morgan fingerprint density at radius 1 is 0.897 bits per heavy atom. The van der Waals surface area contributed by atoms with Crippen LogP contribution in [0, 0.1) is 6.92 Å². The van der Waals surface area contributed by atoms with Crippen molar-refractivity contribution in [1.29, 1.82) is 0 Å². The summed E-state index contributed by atoms with van der Waals surface area (Å²) < 4.78 is 3.72. The van der Waals surface area contributed by atoms with Gasteiger partial charge >= 0.3 is 0 Å². The highest BCUT2D eigenvalue weighted by Crippen LogP contribution is 2.29. The molecule has 0 unspecified atom stereocenters. The van der Waals surface area contributed by atoms with E-state index in [4.69, 9.17) is 15.0 Å². The summed E-state index contributed by atoms with van der Waals surface area (Å²) in [6.07, 6.45) is 0.847. The molecule has 3 heterocycles. The van der Waals surface area contributed by atoms with Crippen LogP contribution in [0.2, 0.25) is 0 Å². The van der Waals surface area contributed by atoms with Gasteiger partial charge in [-0.2, -0.15) is 0 Å². The van der Waals surface area contributed by atoms with Crippen molar-refractivity contribution in [2.45, 2.75) is 33.2 Å². The zero-order valence-corrected chi connectivity index (χ0v) is 16.6. The Kier molecular flexibility index (Phi) is 3.94. The quantitative estimate of drug-likeness (QED) is 0.458. The van der Waals surface area contributed by atoms with Gasteiger partial charge in [0.1, 0.15) is 16.7 Å². The first-order valence-corrected chi connectivity index (χ1v) is 9.85. The minimum Gasteiger partial charge on any atom is -0.293 e. The largest absolute Gasteiger partial charge is 0.293 e. The van der Waals surface area contributed by atoms with Crippen LogP contribution in [0.5, 0.6) is 0 Å². The van der Waals surface area contributed by atoms with E-state index in [1.54, 1.807) is 4.57 Å². The second-order valence-electron chi connectivity index (χ2n) is 7.35. The van der Waals surface area contributed by atoms with Gasteiger partial charge in [0.05, 0.1) is 11.0 Å². The zero-order valence-electron chi connectivity index (χ0n) is 16.6. The Labute approximate surface area is 167 Å². The van der Waals surface area contributed by atoms with Crippen molar-refractivity contribution in [1.82, 2.24) is 24.1 Å². The molecule has 0 N–H and O–H groups in total. The van der Waals surface area contributed by atoms with E-state index in [1.165, 1.54) is 0 Å². The maximum absolute atomic E-state index is 13.6. The third-order valence-corrected chi connectivity index (χ3v) is 5.53. The molecule has 0 saturated heterocycles. The molecule has 0 saturated carbocycles. The summed E-state index contributed by atoms with van der Waals surface area (Å²) in [6.45, 7) is 6.00. The number of para-hydroxylation sites is 3. The van der Waals surface area contributed by atoms with Crippen molar-refractivity contribution in [3.05, 3.63) is 70.8 Å². The molecule has 0 aliphatic rings. The lowest BCUT2D eigenvalue weighted by Gasteiger charge is -2.16. The molecule has 1 atom stereocenters. The maximum atomic E-state index is 13.6. The molecule has 5 aromatic rings. The van der Waals surface area contributed by atoms with E-state index in [0.29, 0.717) is 28.0 Å². The summed E-state index contributed by atoms with van der Waals surface area (Å²) >= 11 is 0. The molecule has 144 valence electrons. The summed E-state index contributed by atoms with van der Waals surface area (Å²) in [5, 5.41) is 0.521. The number of benzene rings is 2. The lowest BCUT2D eigenvalue weighted by Crippen LogP contribution is -2.26. The first-order chi connectivity index (χ1) is 14.1. The van der Waals surface area contributed by atoms with Crippen LogP contribution in [0.3, 0.4) is 0 Å². The standard InChI is InChI=1S/C23H21N5O/c1-4-14(2)27-15(3)24-21-19(23(27)29)20-22(28(21)16-10-6-5-7-11-16)26-18-13-9-8-12-17(18)25-20/h5-14H,4H2,1-3H3/t14-/m1/s1. The number of rotatable bonds is 3. The fourth-order valence-electron chi connectivity index (χ4n) is 3.93. The van der Waals surface area contributed by atoms with Crippen molar-refractivity contribution in [2.75, 3.05) is 0 Å². The molecular formula is C23H21N5O. The number of hydrogen-bond acceptors (Lipinski definition) is 4. The molecule has 6 nitrogen and oxygen atoms in total. The average molecular weight is 383 g/mol. The van der Waals surface area contributed by atoms with E-state index < -0.39 is 0 Å². The van der Waals surface area contributed by atoms with Gasteiger partial charge in [0.25, 0.3) is 5.56 Å². The van der Waals surface area contributed by atoms with E-state index >= 15 is 0 Å². The highest BCUT2D eigenvalue weighted by molar-refractivity contribution is 6.05. The van der Waals surface area contributed by atoms with Crippen LogP contribution < -0.4 is 5.56 Å². The molecule has 0 aliphatic carbocycles. The van der Waals surface area contributed by atoms with Gasteiger partial charge in [0.2, 0.25) is 0 Å². The van der Waals surface area contributed by atoms with Crippen molar-refractivity contribution in [3.63, 3.8) is 0 Å². The van der Waals surface area contributed by atoms with Crippen LogP contribution in [0.1, 0.15) is 32.1 Å². The van der Waals surface area contributed by atoms with Gasteiger partial charge in [0.15, 0.2) is 11.3 Å². The van der Waals surface area contributed by atoms with Crippen LogP contribution in [0.25, 0.3) is 38.9 Å². The fourth-order valence-corrected chi connectivity index (χ4v) is 3.93. The summed E-state index contributed by atoms with van der Waals surface area (Å²) in [4.78, 5) is 28.1. The second kappa shape index (κ2) is 6.51. The number of aryl methyl sites for hydroxylation is 1. The number of hydrogen-bond donors (Lipinski definition) is 0. The maximum Gasteiger partial charge on any atom is 0.265 e. The molecule has 6 heteroatoms. The molecule has 2 aromatic carbocycles. The van der Waals surface area contributed by atoms with Crippen LogP contribution in [-0.2, 0) is 0 Å². The summed E-state index contributed by atoms with van der Waals surface area (Å²) in [7, 11) is 0. The predicted molar refractivity (Wildman–Crippen MR) is 116 cm³/mol. The van der Waals surface area contributed by atoms with Gasteiger partial charge < -0.3 is 0 Å². The molecule has 3 aromatic heterocycles. The molecule has 0 aliphatic heterocycles. The Hall–Kier alpha value is -3.54. The Bertz CT molecular complexity index is 1430. The average Bonchev–Trinajstić information content (AvgIpc) is 3.05. The molecule has 5 rings (SSSR count). The number of aromatic nitrogens is 5. The molecular weight excluding hydrogens is 362 g/mol. The molecule has 0 bridgehead atoms. The second-order valence-corrected chi connectivity index (χ2v) is 7.35. The summed E-state index contributed by atoms with van der Waals surface area (Å²) in [5.74, 6) is 0.696. The van der Waals surface area contributed by atoms with Gasteiger partial charge in [-0.1, -0.05) is 37.3 Å². The van der Waals surface area contributed by atoms with Gasteiger partial charge in [0, 0.05) is 11.7 Å². The number of nitrogens with zero attached hydrogens (tertiary/aromatic N) is 5. The van der Waals surface area contributed by atoms with Crippen LogP contribution in [0.15, 0.2) is 59.4 Å².